The lowest BCUT2D eigenvalue weighted by molar-refractivity contribution is 0.0832. The predicted molar refractivity (Wildman–Crippen MR) is 154 cm³/mol. The van der Waals surface area contributed by atoms with Crippen molar-refractivity contribution in [1.29, 1.82) is 0 Å². The average Bonchev–Trinajstić information content (AvgIpc) is 2.97. The molecule has 3 aliphatic rings. The van der Waals surface area contributed by atoms with Gasteiger partial charge in [0.25, 0.3) is 5.91 Å². The third-order valence-corrected chi connectivity index (χ3v) is 9.57. The number of halogens is 1. The molecule has 0 unspecified atom stereocenters. The molecule has 3 fully saturated rings. The largest absolute Gasteiger partial charge is 0.370 e. The lowest BCUT2D eigenvalue weighted by Crippen LogP contribution is -2.39. The second kappa shape index (κ2) is 13.1. The molecule has 38 heavy (non-hydrogen) atoms. The lowest BCUT2D eigenvalue weighted by Gasteiger charge is -2.34. The molecule has 0 radical (unpaired) electrons. The van der Waals surface area contributed by atoms with E-state index in [-0.39, 0.29) is 29.5 Å². The predicted octanol–water partition coefficient (Wildman–Crippen LogP) is 5.65. The highest BCUT2D eigenvalue weighted by molar-refractivity contribution is 7.99. The van der Waals surface area contributed by atoms with Gasteiger partial charge in [0.05, 0.1) is 0 Å². The standard InChI is InChI=1S/C31H40FN3O2S/c32-27-7-3-24(4-8-27)30(36)25-14-17-34(18-15-25)16-13-23-1-9-28(10-2-23)33-31(37)26-5-11-29(12-6-26)35-19-21-38-22-20-35/h3-8,11-12,23,25,28H,1-2,9-10,13-22H2,(H,33,37). The highest BCUT2D eigenvalue weighted by Gasteiger charge is 2.27. The summed E-state index contributed by atoms with van der Waals surface area (Å²) in [5.74, 6) is 3.01. The average molecular weight is 538 g/mol. The molecular weight excluding hydrogens is 497 g/mol. The van der Waals surface area contributed by atoms with Crippen LogP contribution in [0.5, 0.6) is 0 Å². The first-order chi connectivity index (χ1) is 18.5. The highest BCUT2D eigenvalue weighted by atomic mass is 32.2. The van der Waals surface area contributed by atoms with Crippen LogP contribution in [0.25, 0.3) is 0 Å². The van der Waals surface area contributed by atoms with E-state index in [2.05, 4.69) is 27.2 Å². The maximum Gasteiger partial charge on any atom is 0.251 e. The molecule has 1 saturated carbocycles. The van der Waals surface area contributed by atoms with E-state index in [4.69, 9.17) is 0 Å². The summed E-state index contributed by atoms with van der Waals surface area (Å²) in [6.45, 7) is 5.15. The van der Waals surface area contributed by atoms with Crippen LogP contribution in [0.1, 0.15) is 65.7 Å². The molecule has 2 heterocycles. The number of carbonyl (C=O) groups excluding carboxylic acids is 2. The number of nitrogens with one attached hydrogen (secondary N) is 1. The molecule has 5 rings (SSSR count). The molecule has 2 aromatic carbocycles. The fourth-order valence-electron chi connectivity index (χ4n) is 6.14. The monoisotopic (exact) mass is 537 g/mol. The maximum absolute atomic E-state index is 13.2. The Balaban J connectivity index is 0.986. The first-order valence-electron chi connectivity index (χ1n) is 14.3. The lowest BCUT2D eigenvalue weighted by atomic mass is 9.83. The van der Waals surface area contributed by atoms with Crippen molar-refractivity contribution in [3.63, 3.8) is 0 Å². The molecule has 1 aliphatic carbocycles. The van der Waals surface area contributed by atoms with Gasteiger partial charge in [0, 0.05) is 53.4 Å². The minimum Gasteiger partial charge on any atom is -0.370 e. The number of benzene rings is 2. The fourth-order valence-corrected chi connectivity index (χ4v) is 7.05. The van der Waals surface area contributed by atoms with E-state index in [0.29, 0.717) is 11.5 Å². The normalized spacial score (nSPS) is 23.2. The quantitative estimate of drug-likeness (QED) is 0.441. The summed E-state index contributed by atoms with van der Waals surface area (Å²) in [5.41, 5.74) is 2.59. The molecule has 5 nitrogen and oxygen atoms in total. The number of piperidine rings is 1. The summed E-state index contributed by atoms with van der Waals surface area (Å²) in [7, 11) is 0. The van der Waals surface area contributed by atoms with Gasteiger partial charge in [-0.3, -0.25) is 9.59 Å². The van der Waals surface area contributed by atoms with Gasteiger partial charge in [0.2, 0.25) is 0 Å². The molecule has 1 N–H and O–H groups in total. The van der Waals surface area contributed by atoms with Crippen molar-refractivity contribution >= 4 is 29.1 Å². The van der Waals surface area contributed by atoms with Crippen LogP contribution in [-0.4, -0.2) is 66.9 Å². The number of Topliss-reactive ketones (excluding diaryl/α,β-unsaturated/α-hetero) is 1. The van der Waals surface area contributed by atoms with Gasteiger partial charge in [0.1, 0.15) is 5.82 Å². The number of amides is 1. The van der Waals surface area contributed by atoms with Crippen molar-refractivity contribution in [2.75, 3.05) is 49.1 Å². The zero-order chi connectivity index (χ0) is 26.3. The molecule has 0 bridgehead atoms. The molecular formula is C31H40FN3O2S. The SMILES string of the molecule is O=C(NC1CCC(CCN2CCC(C(=O)c3ccc(F)cc3)CC2)CC1)c1ccc(N2CCSCC2)cc1. The first kappa shape index (κ1) is 27.2. The van der Waals surface area contributed by atoms with Gasteiger partial charge in [-0.1, -0.05) is 0 Å². The van der Waals surface area contributed by atoms with Crippen LogP contribution < -0.4 is 10.2 Å². The first-order valence-corrected chi connectivity index (χ1v) is 15.5. The van der Waals surface area contributed by atoms with E-state index in [1.807, 2.05) is 23.9 Å². The zero-order valence-electron chi connectivity index (χ0n) is 22.2. The Bertz CT molecular complexity index is 1060. The highest BCUT2D eigenvalue weighted by Crippen LogP contribution is 2.29. The fraction of sp³-hybridized carbons (Fsp3) is 0.548. The van der Waals surface area contributed by atoms with Crippen LogP contribution >= 0.6 is 11.8 Å². The number of hydrogen-bond acceptors (Lipinski definition) is 5. The zero-order valence-corrected chi connectivity index (χ0v) is 23.1. The van der Waals surface area contributed by atoms with Crippen LogP contribution in [0.3, 0.4) is 0 Å². The van der Waals surface area contributed by atoms with Crippen molar-refractivity contribution in [2.45, 2.75) is 51.0 Å². The van der Waals surface area contributed by atoms with Crippen molar-refractivity contribution < 1.29 is 14.0 Å². The topological polar surface area (TPSA) is 52.7 Å². The van der Waals surface area contributed by atoms with Gasteiger partial charge in [0.15, 0.2) is 5.78 Å². The Morgan fingerprint density at radius 3 is 2.11 bits per heavy atom. The van der Waals surface area contributed by atoms with Crippen molar-refractivity contribution in [2.24, 2.45) is 11.8 Å². The van der Waals surface area contributed by atoms with Gasteiger partial charge in [-0.15, -0.1) is 0 Å². The summed E-state index contributed by atoms with van der Waals surface area (Å²) < 4.78 is 13.2. The van der Waals surface area contributed by atoms with Gasteiger partial charge in [-0.2, -0.15) is 11.8 Å². The Kier molecular flexibility index (Phi) is 9.39. The van der Waals surface area contributed by atoms with E-state index in [1.54, 1.807) is 12.1 Å². The maximum atomic E-state index is 13.2. The van der Waals surface area contributed by atoms with Crippen molar-refractivity contribution in [3.05, 3.63) is 65.5 Å². The summed E-state index contributed by atoms with van der Waals surface area (Å²) >= 11 is 2.00. The van der Waals surface area contributed by atoms with Crippen LogP contribution in [0, 0.1) is 17.7 Å². The van der Waals surface area contributed by atoms with Crippen molar-refractivity contribution in [3.8, 4) is 0 Å². The molecule has 2 saturated heterocycles. The number of likely N-dealkylation sites (tertiary alicyclic amines) is 1. The number of thioether (sulfide) groups is 1. The molecule has 2 aliphatic heterocycles. The second-order valence-electron chi connectivity index (χ2n) is 11.1. The number of ketones is 1. The molecule has 1 amide bonds. The Labute approximate surface area is 230 Å². The van der Waals surface area contributed by atoms with Gasteiger partial charge in [-0.25, -0.2) is 4.39 Å². The number of carbonyl (C=O) groups is 2. The summed E-state index contributed by atoms with van der Waals surface area (Å²) in [6, 6.07) is 14.3. The Hall–Kier alpha value is -2.38. The van der Waals surface area contributed by atoms with Gasteiger partial charge in [-0.05, 0) is 119 Å². The third kappa shape index (κ3) is 7.17. The number of nitrogens with zero attached hydrogens (tertiary/aromatic N) is 2. The van der Waals surface area contributed by atoms with Crippen molar-refractivity contribution in [1.82, 2.24) is 10.2 Å². The van der Waals surface area contributed by atoms with Crippen LogP contribution in [0.15, 0.2) is 48.5 Å². The molecule has 0 aromatic heterocycles. The minimum atomic E-state index is -0.301. The van der Waals surface area contributed by atoms with Gasteiger partial charge >= 0.3 is 0 Å². The third-order valence-electron chi connectivity index (χ3n) is 8.63. The summed E-state index contributed by atoms with van der Waals surface area (Å²) in [5, 5.41) is 3.27. The number of hydrogen-bond donors (Lipinski definition) is 1. The molecule has 204 valence electrons. The minimum absolute atomic E-state index is 0.0484. The van der Waals surface area contributed by atoms with Crippen LogP contribution in [-0.2, 0) is 0 Å². The second-order valence-corrected chi connectivity index (χ2v) is 12.3. The van der Waals surface area contributed by atoms with E-state index in [9.17, 15) is 14.0 Å². The molecule has 0 atom stereocenters. The molecule has 7 heteroatoms. The molecule has 0 spiro atoms. The van der Waals surface area contributed by atoms with Gasteiger partial charge < -0.3 is 15.1 Å². The van der Waals surface area contributed by atoms with E-state index >= 15 is 0 Å². The Morgan fingerprint density at radius 1 is 0.816 bits per heavy atom. The molecule has 2 aromatic rings. The summed E-state index contributed by atoms with van der Waals surface area (Å²) in [6.07, 6.45) is 7.38. The smallest absolute Gasteiger partial charge is 0.251 e. The van der Waals surface area contributed by atoms with Crippen LogP contribution in [0.2, 0.25) is 0 Å². The Morgan fingerprint density at radius 2 is 1.45 bits per heavy atom. The summed E-state index contributed by atoms with van der Waals surface area (Å²) in [4.78, 5) is 30.4. The van der Waals surface area contributed by atoms with E-state index < -0.39 is 0 Å². The number of rotatable bonds is 8. The number of anilines is 1. The van der Waals surface area contributed by atoms with E-state index in [0.717, 1.165) is 76.8 Å². The van der Waals surface area contributed by atoms with E-state index in [1.165, 1.54) is 35.7 Å². The van der Waals surface area contributed by atoms with Crippen LogP contribution in [0.4, 0.5) is 10.1 Å².